The zero-order chi connectivity index (χ0) is 20.7. The third-order valence-corrected chi connectivity index (χ3v) is 4.32. The van der Waals surface area contributed by atoms with Crippen LogP contribution < -0.4 is 20.1 Å². The summed E-state index contributed by atoms with van der Waals surface area (Å²) in [7, 11) is 1.55. The molecule has 28 heavy (non-hydrogen) atoms. The third-order valence-electron chi connectivity index (χ3n) is 4.32. The predicted octanol–water partition coefficient (Wildman–Crippen LogP) is 3.84. The zero-order valence-corrected chi connectivity index (χ0v) is 17.3. The van der Waals surface area contributed by atoms with E-state index in [1.54, 1.807) is 33.1 Å². The van der Waals surface area contributed by atoms with Crippen LogP contribution in [0.1, 0.15) is 58.6 Å². The van der Waals surface area contributed by atoms with E-state index in [1.807, 2.05) is 13.0 Å². The highest BCUT2D eigenvalue weighted by molar-refractivity contribution is 5.95. The van der Waals surface area contributed by atoms with Crippen molar-refractivity contribution in [2.75, 3.05) is 13.7 Å². The van der Waals surface area contributed by atoms with Gasteiger partial charge in [0.25, 0.3) is 0 Å². The maximum atomic E-state index is 12.9. The molecule has 1 aliphatic heterocycles. The Balaban J connectivity index is 2.51. The van der Waals surface area contributed by atoms with Crippen LogP contribution >= 0.6 is 0 Å². The Hall–Kier alpha value is -2.70. The molecular weight excluding hydrogens is 360 g/mol. The van der Waals surface area contributed by atoms with Crippen LogP contribution in [0.2, 0.25) is 0 Å². The van der Waals surface area contributed by atoms with E-state index in [-0.39, 0.29) is 12.1 Å². The van der Waals surface area contributed by atoms with Crippen LogP contribution in [0.3, 0.4) is 0 Å². The van der Waals surface area contributed by atoms with Gasteiger partial charge in [0.1, 0.15) is 0 Å². The van der Waals surface area contributed by atoms with Crippen molar-refractivity contribution >= 4 is 12.0 Å². The quantitative estimate of drug-likeness (QED) is 0.626. The molecule has 0 spiro atoms. The number of hydrogen-bond donors (Lipinski definition) is 2. The van der Waals surface area contributed by atoms with E-state index in [0.29, 0.717) is 35.8 Å². The molecule has 1 aromatic rings. The third kappa shape index (κ3) is 5.18. The van der Waals surface area contributed by atoms with Gasteiger partial charge in [0.2, 0.25) is 0 Å². The Morgan fingerprint density at radius 3 is 2.57 bits per heavy atom. The van der Waals surface area contributed by atoms with Crippen LogP contribution in [0.25, 0.3) is 0 Å². The molecular formula is C21H30N2O5. The Bertz CT molecular complexity index is 742. The average molecular weight is 390 g/mol. The maximum absolute atomic E-state index is 12.9. The van der Waals surface area contributed by atoms with E-state index in [1.165, 1.54) is 0 Å². The molecule has 0 saturated carbocycles. The van der Waals surface area contributed by atoms with Gasteiger partial charge in [0.05, 0.1) is 31.4 Å². The number of allylic oxidation sites excluding steroid dienone is 1. The Morgan fingerprint density at radius 1 is 1.21 bits per heavy atom. The van der Waals surface area contributed by atoms with Gasteiger partial charge in [-0.25, -0.2) is 9.59 Å². The number of urea groups is 1. The highest BCUT2D eigenvalue weighted by atomic mass is 16.5. The van der Waals surface area contributed by atoms with E-state index in [4.69, 9.17) is 14.2 Å². The van der Waals surface area contributed by atoms with Crippen molar-refractivity contribution in [3.63, 3.8) is 0 Å². The van der Waals surface area contributed by atoms with Crippen LogP contribution in [-0.4, -0.2) is 31.8 Å². The molecule has 0 saturated heterocycles. The van der Waals surface area contributed by atoms with Crippen molar-refractivity contribution < 1.29 is 23.8 Å². The topological polar surface area (TPSA) is 85.9 Å². The number of ether oxygens (including phenoxy) is 3. The fourth-order valence-corrected chi connectivity index (χ4v) is 3.08. The predicted molar refractivity (Wildman–Crippen MR) is 106 cm³/mol. The molecule has 0 radical (unpaired) electrons. The molecule has 2 amide bonds. The smallest absolute Gasteiger partial charge is 0.338 e. The van der Waals surface area contributed by atoms with Crippen molar-refractivity contribution in [1.29, 1.82) is 0 Å². The van der Waals surface area contributed by atoms with Crippen LogP contribution in [0.5, 0.6) is 11.5 Å². The Kier molecular flexibility index (Phi) is 7.72. The molecule has 2 rings (SSSR count). The summed E-state index contributed by atoms with van der Waals surface area (Å²) in [4.78, 5) is 25.1. The second-order valence-electron chi connectivity index (χ2n) is 6.82. The lowest BCUT2D eigenvalue weighted by Gasteiger charge is -2.30. The van der Waals surface area contributed by atoms with Crippen LogP contribution in [0.15, 0.2) is 29.5 Å². The second-order valence-corrected chi connectivity index (χ2v) is 6.82. The molecule has 1 heterocycles. The monoisotopic (exact) mass is 390 g/mol. The summed E-state index contributed by atoms with van der Waals surface area (Å²) < 4.78 is 16.4. The molecule has 0 aromatic heterocycles. The van der Waals surface area contributed by atoms with Gasteiger partial charge in [-0.2, -0.15) is 0 Å². The van der Waals surface area contributed by atoms with E-state index >= 15 is 0 Å². The summed E-state index contributed by atoms with van der Waals surface area (Å²) in [6, 6.07) is 4.41. The van der Waals surface area contributed by atoms with Crippen LogP contribution in [-0.2, 0) is 9.53 Å². The number of hydrogen-bond acceptors (Lipinski definition) is 5. The number of nitrogens with one attached hydrogen (secondary N) is 2. The normalized spacial score (nSPS) is 16.5. The van der Waals surface area contributed by atoms with Crippen molar-refractivity contribution in [2.24, 2.45) is 0 Å². The van der Waals surface area contributed by atoms with Crippen molar-refractivity contribution in [3.05, 3.63) is 35.0 Å². The molecule has 1 aromatic carbocycles. The molecule has 154 valence electrons. The first kappa shape index (κ1) is 21.6. The fourth-order valence-electron chi connectivity index (χ4n) is 3.08. The molecule has 0 bridgehead atoms. The lowest BCUT2D eigenvalue weighted by Crippen LogP contribution is -2.46. The van der Waals surface area contributed by atoms with Gasteiger partial charge in [-0.05, 0) is 51.3 Å². The van der Waals surface area contributed by atoms with Crippen molar-refractivity contribution in [1.82, 2.24) is 10.6 Å². The van der Waals surface area contributed by atoms with Gasteiger partial charge in [0, 0.05) is 5.70 Å². The summed E-state index contributed by atoms with van der Waals surface area (Å²) in [5.74, 6) is 0.709. The molecule has 1 aliphatic rings. The van der Waals surface area contributed by atoms with Gasteiger partial charge >= 0.3 is 12.0 Å². The van der Waals surface area contributed by atoms with E-state index < -0.39 is 12.0 Å². The van der Waals surface area contributed by atoms with Crippen LogP contribution in [0.4, 0.5) is 4.79 Å². The first-order valence-corrected chi connectivity index (χ1v) is 9.73. The number of carbonyl (C=O) groups is 2. The van der Waals surface area contributed by atoms with Gasteiger partial charge < -0.3 is 24.8 Å². The second kappa shape index (κ2) is 10.0. The minimum absolute atomic E-state index is 0.263. The molecule has 1 unspecified atom stereocenters. The molecule has 2 N–H and O–H groups in total. The lowest BCUT2D eigenvalue weighted by atomic mass is 9.93. The minimum Gasteiger partial charge on any atom is -0.493 e. The summed E-state index contributed by atoms with van der Waals surface area (Å²) in [6.07, 6.45) is 2.13. The first-order valence-electron chi connectivity index (χ1n) is 9.73. The molecule has 1 atom stereocenters. The minimum atomic E-state index is -0.628. The molecule has 7 nitrogen and oxygen atoms in total. The fraction of sp³-hybridized carbons (Fsp3) is 0.524. The Labute approximate surface area is 166 Å². The standard InChI is InChI=1S/C21H30N2O5/c1-6-8-9-15-18(20(24)28-13(3)4)19(23-21(25)22-15)14-10-11-16(27-7-2)17(12-14)26-5/h10-13,19H,6-9H2,1-5H3,(H2,22,23,25). The molecule has 0 aliphatic carbocycles. The van der Waals surface area contributed by atoms with Gasteiger partial charge in [-0.3, -0.25) is 0 Å². The van der Waals surface area contributed by atoms with E-state index in [9.17, 15) is 9.59 Å². The highest BCUT2D eigenvalue weighted by Gasteiger charge is 2.34. The number of carbonyl (C=O) groups excluding carboxylic acids is 2. The maximum Gasteiger partial charge on any atom is 0.338 e. The number of esters is 1. The first-order chi connectivity index (χ1) is 13.4. The summed E-state index contributed by atoms with van der Waals surface area (Å²) >= 11 is 0. The van der Waals surface area contributed by atoms with E-state index in [2.05, 4.69) is 17.6 Å². The number of amides is 2. The van der Waals surface area contributed by atoms with Crippen molar-refractivity contribution in [3.8, 4) is 11.5 Å². The summed E-state index contributed by atoms with van der Waals surface area (Å²) in [6.45, 7) is 8.06. The SMILES string of the molecule is CCCCC1=C(C(=O)OC(C)C)C(c2ccc(OCC)c(OC)c2)NC(=O)N1. The molecule has 0 fully saturated rings. The van der Waals surface area contributed by atoms with Gasteiger partial charge in [-0.1, -0.05) is 19.4 Å². The Morgan fingerprint density at radius 2 is 1.96 bits per heavy atom. The highest BCUT2D eigenvalue weighted by Crippen LogP contribution is 2.35. The van der Waals surface area contributed by atoms with Crippen molar-refractivity contribution in [2.45, 2.75) is 59.1 Å². The number of methoxy groups -OCH3 is 1. The lowest BCUT2D eigenvalue weighted by molar-refractivity contribution is -0.143. The largest absolute Gasteiger partial charge is 0.493 e. The van der Waals surface area contributed by atoms with Gasteiger partial charge in [-0.15, -0.1) is 0 Å². The van der Waals surface area contributed by atoms with E-state index in [0.717, 1.165) is 18.4 Å². The summed E-state index contributed by atoms with van der Waals surface area (Å²) in [5.41, 5.74) is 1.75. The average Bonchev–Trinajstić information content (AvgIpc) is 2.65. The van der Waals surface area contributed by atoms with Crippen LogP contribution in [0, 0.1) is 0 Å². The molecule has 7 heteroatoms. The number of benzene rings is 1. The number of rotatable bonds is 9. The number of unbranched alkanes of at least 4 members (excludes halogenated alkanes) is 1. The zero-order valence-electron chi connectivity index (χ0n) is 17.3. The summed E-state index contributed by atoms with van der Waals surface area (Å²) in [5, 5.41) is 5.63. The van der Waals surface area contributed by atoms with Gasteiger partial charge in [0.15, 0.2) is 11.5 Å².